The number of nitrogens with one attached hydrogen (secondary N) is 1. The van der Waals surface area contributed by atoms with Crippen molar-refractivity contribution in [1.29, 1.82) is 0 Å². The third kappa shape index (κ3) is 5.13. The highest BCUT2D eigenvalue weighted by atomic mass is 32.1. The molecule has 1 aliphatic heterocycles. The van der Waals surface area contributed by atoms with Gasteiger partial charge >= 0.3 is 0 Å². The monoisotopic (exact) mass is 436 g/mol. The molecule has 4 rings (SSSR count). The largest absolute Gasteiger partial charge is 0.364 e. The number of pyridine rings is 1. The number of carbonyl (C=O) groups excluding carboxylic acids is 2. The first kappa shape index (κ1) is 21.1. The van der Waals surface area contributed by atoms with Crippen LogP contribution in [-0.2, 0) is 6.54 Å². The Morgan fingerprint density at radius 2 is 1.74 bits per heavy atom. The molecule has 0 bridgehead atoms. The average molecular weight is 437 g/mol. The summed E-state index contributed by atoms with van der Waals surface area (Å²) in [5.74, 6) is -0.993. The molecule has 0 aliphatic carbocycles. The lowest BCUT2D eigenvalue weighted by Crippen LogP contribution is -2.43. The van der Waals surface area contributed by atoms with E-state index in [9.17, 15) is 9.59 Å². The third-order valence-corrected chi connectivity index (χ3v) is 6.25. The Morgan fingerprint density at radius 1 is 1.06 bits per heavy atom. The molecule has 0 saturated carbocycles. The average Bonchev–Trinajstić information content (AvgIpc) is 3.20. The fraction of sp³-hybridized carbons (Fsp3) is 0.273. The van der Waals surface area contributed by atoms with Gasteiger partial charge in [-0.15, -0.1) is 0 Å². The lowest BCUT2D eigenvalue weighted by atomic mass is 10.1. The van der Waals surface area contributed by atoms with Crippen molar-refractivity contribution in [3.63, 3.8) is 0 Å². The van der Waals surface area contributed by atoms with E-state index in [0.717, 1.165) is 43.9 Å². The van der Waals surface area contributed by atoms with E-state index in [0.29, 0.717) is 15.6 Å². The summed E-state index contributed by atoms with van der Waals surface area (Å²) in [5, 5.41) is 3.72. The number of amides is 2. The molecule has 160 valence electrons. The predicted octanol–water partition coefficient (Wildman–Crippen LogP) is 2.30. The summed E-state index contributed by atoms with van der Waals surface area (Å²) in [4.78, 5) is 37.6. The van der Waals surface area contributed by atoms with Gasteiger partial charge in [-0.05, 0) is 36.9 Å². The maximum Gasteiger partial charge on any atom is 0.270 e. The van der Waals surface area contributed by atoms with Gasteiger partial charge in [-0.25, -0.2) is 4.98 Å². The van der Waals surface area contributed by atoms with E-state index < -0.39 is 5.91 Å². The topological polar surface area (TPSA) is 104 Å². The van der Waals surface area contributed by atoms with Crippen LogP contribution >= 0.6 is 11.3 Å². The number of rotatable bonds is 6. The Morgan fingerprint density at radius 3 is 2.39 bits per heavy atom. The Hall–Kier alpha value is -3.14. The molecule has 1 saturated heterocycles. The molecule has 31 heavy (non-hydrogen) atoms. The number of hydrogen-bond acceptors (Lipinski definition) is 7. The first-order valence-corrected chi connectivity index (χ1v) is 10.8. The molecular formula is C22H24N6O2S. The summed E-state index contributed by atoms with van der Waals surface area (Å²) >= 11 is 1.21. The molecule has 0 unspecified atom stereocenters. The van der Waals surface area contributed by atoms with Crippen LogP contribution in [0.3, 0.4) is 0 Å². The summed E-state index contributed by atoms with van der Waals surface area (Å²) in [6, 6.07) is 11.1. The lowest BCUT2D eigenvalue weighted by Gasteiger charge is -2.32. The van der Waals surface area contributed by atoms with E-state index in [1.54, 1.807) is 36.7 Å². The van der Waals surface area contributed by atoms with Gasteiger partial charge < -0.3 is 16.0 Å². The lowest BCUT2D eigenvalue weighted by molar-refractivity contribution is 0.0997. The summed E-state index contributed by atoms with van der Waals surface area (Å²) < 4.78 is 0. The van der Waals surface area contributed by atoms with Crippen LogP contribution in [-0.4, -0.2) is 64.8 Å². The van der Waals surface area contributed by atoms with Crippen LogP contribution in [0.5, 0.6) is 0 Å². The van der Waals surface area contributed by atoms with Gasteiger partial charge in [-0.3, -0.25) is 19.5 Å². The molecule has 1 fully saturated rings. The van der Waals surface area contributed by atoms with Crippen molar-refractivity contribution in [2.75, 3.05) is 38.5 Å². The Bertz CT molecular complexity index is 1060. The number of hydrogen-bond donors (Lipinski definition) is 2. The fourth-order valence-corrected chi connectivity index (χ4v) is 4.36. The van der Waals surface area contributed by atoms with Crippen LogP contribution in [0.1, 0.15) is 26.4 Å². The van der Waals surface area contributed by atoms with E-state index in [-0.39, 0.29) is 11.6 Å². The summed E-state index contributed by atoms with van der Waals surface area (Å²) in [6.45, 7) is 5.09. The SMILES string of the molecule is CN1CCN(Cc2ccc(C(=O)Nc3sc(-c4ccncc4)nc3C(N)=O)cc2)CC1. The van der Waals surface area contributed by atoms with Crippen molar-refractivity contribution in [3.8, 4) is 10.6 Å². The molecule has 2 amide bonds. The number of nitrogens with two attached hydrogens (primary N) is 1. The van der Waals surface area contributed by atoms with E-state index in [1.165, 1.54) is 11.3 Å². The minimum Gasteiger partial charge on any atom is -0.364 e. The number of piperazine rings is 1. The van der Waals surface area contributed by atoms with E-state index >= 15 is 0 Å². The molecule has 1 aliphatic rings. The number of primary amides is 1. The highest BCUT2D eigenvalue weighted by molar-refractivity contribution is 7.19. The van der Waals surface area contributed by atoms with Crippen molar-refractivity contribution in [2.24, 2.45) is 5.73 Å². The Labute approximate surface area is 184 Å². The van der Waals surface area contributed by atoms with Crippen molar-refractivity contribution >= 4 is 28.2 Å². The van der Waals surface area contributed by atoms with E-state index in [4.69, 9.17) is 5.73 Å². The first-order chi connectivity index (χ1) is 15.0. The molecule has 8 nitrogen and oxygen atoms in total. The number of carbonyl (C=O) groups is 2. The fourth-order valence-electron chi connectivity index (χ4n) is 3.39. The van der Waals surface area contributed by atoms with Gasteiger partial charge in [0.2, 0.25) is 0 Å². The second-order valence-corrected chi connectivity index (χ2v) is 8.53. The standard InChI is InChI=1S/C22H24N6O2S/c1-27-10-12-28(13-11-27)14-15-2-4-16(5-3-15)20(30)26-22-18(19(23)29)25-21(31-22)17-6-8-24-9-7-17/h2-9H,10-14H2,1H3,(H2,23,29)(H,26,30). The molecule has 0 spiro atoms. The quantitative estimate of drug-likeness (QED) is 0.614. The summed E-state index contributed by atoms with van der Waals surface area (Å²) in [5.41, 5.74) is 8.00. The van der Waals surface area contributed by atoms with Gasteiger partial charge in [-0.1, -0.05) is 23.5 Å². The maximum atomic E-state index is 12.8. The smallest absolute Gasteiger partial charge is 0.270 e. The minimum absolute atomic E-state index is 0.0526. The van der Waals surface area contributed by atoms with Crippen LogP contribution in [0.25, 0.3) is 10.6 Å². The number of thiazole rings is 1. The number of benzene rings is 1. The van der Waals surface area contributed by atoms with Crippen molar-refractivity contribution in [2.45, 2.75) is 6.54 Å². The summed E-state index contributed by atoms with van der Waals surface area (Å²) in [7, 11) is 2.14. The molecule has 3 heterocycles. The van der Waals surface area contributed by atoms with E-state index in [2.05, 4.69) is 32.1 Å². The molecular weight excluding hydrogens is 412 g/mol. The Balaban J connectivity index is 1.45. The second kappa shape index (κ2) is 9.34. The van der Waals surface area contributed by atoms with Crippen LogP contribution in [0.15, 0.2) is 48.8 Å². The zero-order valence-corrected chi connectivity index (χ0v) is 18.1. The van der Waals surface area contributed by atoms with Crippen LogP contribution in [0, 0.1) is 0 Å². The molecule has 3 aromatic rings. The van der Waals surface area contributed by atoms with Gasteiger partial charge in [0.15, 0.2) is 5.69 Å². The molecule has 0 radical (unpaired) electrons. The number of likely N-dealkylation sites (N-methyl/N-ethyl adjacent to an activating group) is 1. The predicted molar refractivity (Wildman–Crippen MR) is 121 cm³/mol. The van der Waals surface area contributed by atoms with Crippen molar-refractivity contribution in [3.05, 3.63) is 65.6 Å². The highest BCUT2D eigenvalue weighted by Gasteiger charge is 2.20. The van der Waals surface area contributed by atoms with E-state index in [1.807, 2.05) is 12.1 Å². The molecule has 0 atom stereocenters. The van der Waals surface area contributed by atoms with Gasteiger partial charge in [0, 0.05) is 56.2 Å². The normalized spacial score (nSPS) is 15.0. The third-order valence-electron chi connectivity index (χ3n) is 5.23. The Kier molecular flexibility index (Phi) is 6.36. The van der Waals surface area contributed by atoms with Gasteiger partial charge in [-0.2, -0.15) is 0 Å². The molecule has 9 heteroatoms. The maximum absolute atomic E-state index is 12.8. The summed E-state index contributed by atoms with van der Waals surface area (Å²) in [6.07, 6.45) is 3.28. The second-order valence-electron chi connectivity index (χ2n) is 7.53. The van der Waals surface area contributed by atoms with Crippen LogP contribution < -0.4 is 11.1 Å². The highest BCUT2D eigenvalue weighted by Crippen LogP contribution is 2.32. The minimum atomic E-state index is -0.686. The number of aromatic nitrogens is 2. The van der Waals surface area contributed by atoms with Crippen molar-refractivity contribution in [1.82, 2.24) is 19.8 Å². The number of anilines is 1. The van der Waals surface area contributed by atoms with Crippen LogP contribution in [0.4, 0.5) is 5.00 Å². The van der Waals surface area contributed by atoms with Gasteiger partial charge in [0.1, 0.15) is 10.0 Å². The van der Waals surface area contributed by atoms with Gasteiger partial charge in [0.05, 0.1) is 0 Å². The molecule has 3 N–H and O–H groups in total. The van der Waals surface area contributed by atoms with Crippen molar-refractivity contribution < 1.29 is 9.59 Å². The zero-order valence-electron chi connectivity index (χ0n) is 17.2. The zero-order chi connectivity index (χ0) is 21.8. The van der Waals surface area contributed by atoms with Crippen LogP contribution in [0.2, 0.25) is 0 Å². The molecule has 1 aromatic carbocycles. The number of nitrogens with zero attached hydrogens (tertiary/aromatic N) is 4. The van der Waals surface area contributed by atoms with Gasteiger partial charge in [0.25, 0.3) is 11.8 Å². The molecule has 2 aromatic heterocycles. The first-order valence-electron chi connectivity index (χ1n) is 10.0.